The van der Waals surface area contributed by atoms with Crippen LogP contribution in [0, 0.1) is 0 Å². The van der Waals surface area contributed by atoms with Crippen LogP contribution in [0.5, 0.6) is 5.75 Å². The van der Waals surface area contributed by atoms with E-state index >= 15 is 0 Å². The summed E-state index contributed by atoms with van der Waals surface area (Å²) in [5.74, 6) is -1.78. The fraction of sp³-hybridized carbons (Fsp3) is 0.158. The minimum atomic E-state index is -0.969. The molecule has 8 nitrogen and oxygen atoms in total. The molecular formula is C19H19ClN4O4. The van der Waals surface area contributed by atoms with Crippen molar-refractivity contribution in [2.45, 2.75) is 13.3 Å². The van der Waals surface area contributed by atoms with Crippen molar-refractivity contribution in [3.05, 3.63) is 53.6 Å². The summed E-state index contributed by atoms with van der Waals surface area (Å²) in [5, 5.41) is 9.43. The monoisotopic (exact) mass is 402 g/mol. The van der Waals surface area contributed by atoms with Gasteiger partial charge in [-0.2, -0.15) is 5.10 Å². The lowest BCUT2D eigenvalue weighted by atomic mass is 10.2. The predicted octanol–water partition coefficient (Wildman–Crippen LogP) is 2.81. The molecule has 0 aliphatic carbocycles. The summed E-state index contributed by atoms with van der Waals surface area (Å²) in [4.78, 5) is 35.8. The fourth-order valence-electron chi connectivity index (χ4n) is 2.13. The van der Waals surface area contributed by atoms with Crippen LogP contribution >= 0.6 is 11.6 Å². The molecule has 0 radical (unpaired) electrons. The van der Waals surface area contributed by atoms with Crippen molar-refractivity contribution in [3.8, 4) is 5.75 Å². The van der Waals surface area contributed by atoms with Gasteiger partial charge in [-0.15, -0.1) is 0 Å². The topological polar surface area (TPSA) is 109 Å². The number of carbonyl (C=O) groups excluding carboxylic acids is 3. The van der Waals surface area contributed by atoms with Crippen LogP contribution in [0.25, 0.3) is 0 Å². The number of hydrogen-bond acceptors (Lipinski definition) is 5. The van der Waals surface area contributed by atoms with Crippen molar-refractivity contribution < 1.29 is 19.1 Å². The van der Waals surface area contributed by atoms with E-state index in [2.05, 4.69) is 21.2 Å². The van der Waals surface area contributed by atoms with Crippen LogP contribution in [0.15, 0.2) is 53.6 Å². The van der Waals surface area contributed by atoms with Crippen LogP contribution in [0.4, 0.5) is 11.4 Å². The molecule has 3 N–H and O–H groups in total. The first-order chi connectivity index (χ1) is 13.4. The number of hydrogen-bond donors (Lipinski definition) is 3. The molecule has 0 fully saturated rings. The number of amides is 3. The number of nitrogens with one attached hydrogen (secondary N) is 3. The van der Waals surface area contributed by atoms with Crippen LogP contribution in [-0.4, -0.2) is 30.5 Å². The Kier molecular flexibility index (Phi) is 7.53. The lowest BCUT2D eigenvalue weighted by Gasteiger charge is -2.09. The third-order valence-electron chi connectivity index (χ3n) is 3.45. The van der Waals surface area contributed by atoms with Gasteiger partial charge < -0.3 is 15.4 Å². The van der Waals surface area contributed by atoms with E-state index in [4.69, 9.17) is 16.3 Å². The molecule has 0 saturated carbocycles. The Morgan fingerprint density at radius 1 is 1.00 bits per heavy atom. The second kappa shape index (κ2) is 10.1. The van der Waals surface area contributed by atoms with Crippen LogP contribution < -0.4 is 20.8 Å². The number of methoxy groups -OCH3 is 1. The number of ether oxygens (including phenoxy) is 1. The summed E-state index contributed by atoms with van der Waals surface area (Å²) in [6.07, 6.45) is -0.0585. The molecule has 9 heteroatoms. The normalized spacial score (nSPS) is 10.8. The molecule has 0 aliphatic heterocycles. The fourth-order valence-corrected chi connectivity index (χ4v) is 2.26. The van der Waals surface area contributed by atoms with E-state index in [1.165, 1.54) is 7.11 Å². The quantitative estimate of drug-likeness (QED) is 0.392. The number of rotatable bonds is 6. The smallest absolute Gasteiger partial charge is 0.329 e. The molecule has 0 atom stereocenters. The Balaban J connectivity index is 1.85. The van der Waals surface area contributed by atoms with Crippen LogP contribution in [-0.2, 0) is 14.4 Å². The Labute approximate surface area is 166 Å². The van der Waals surface area contributed by atoms with Crippen LogP contribution in [0.3, 0.4) is 0 Å². The molecule has 0 bridgehead atoms. The van der Waals surface area contributed by atoms with Gasteiger partial charge in [0.15, 0.2) is 0 Å². The average molecular weight is 403 g/mol. The van der Waals surface area contributed by atoms with E-state index < -0.39 is 11.8 Å². The van der Waals surface area contributed by atoms with Gasteiger partial charge in [-0.1, -0.05) is 23.7 Å². The third-order valence-corrected chi connectivity index (χ3v) is 3.71. The van der Waals surface area contributed by atoms with Gasteiger partial charge in [0.2, 0.25) is 5.91 Å². The summed E-state index contributed by atoms with van der Waals surface area (Å²) in [6, 6.07) is 13.3. The van der Waals surface area contributed by atoms with Crippen molar-refractivity contribution in [3.63, 3.8) is 0 Å². The van der Waals surface area contributed by atoms with Crippen molar-refractivity contribution in [1.29, 1.82) is 0 Å². The van der Waals surface area contributed by atoms with E-state index in [9.17, 15) is 14.4 Å². The van der Waals surface area contributed by atoms with E-state index in [1.807, 2.05) is 0 Å². The summed E-state index contributed by atoms with van der Waals surface area (Å²) >= 11 is 5.79. The summed E-state index contributed by atoms with van der Waals surface area (Å²) in [7, 11) is 1.45. The lowest BCUT2D eigenvalue weighted by molar-refractivity contribution is -0.136. The lowest BCUT2D eigenvalue weighted by Crippen LogP contribution is -2.33. The summed E-state index contributed by atoms with van der Waals surface area (Å²) in [6.45, 7) is 1.56. The second-order valence-corrected chi connectivity index (χ2v) is 6.11. The summed E-state index contributed by atoms with van der Waals surface area (Å²) < 4.78 is 5.10. The number of benzene rings is 2. The Morgan fingerprint density at radius 2 is 1.68 bits per heavy atom. The molecule has 146 valence electrons. The van der Waals surface area contributed by atoms with Gasteiger partial charge in [-0.3, -0.25) is 14.4 Å². The van der Waals surface area contributed by atoms with Gasteiger partial charge in [-0.25, -0.2) is 5.43 Å². The minimum Gasteiger partial charge on any atom is -0.495 e. The molecule has 0 aromatic heterocycles. The van der Waals surface area contributed by atoms with Gasteiger partial charge in [0.1, 0.15) is 5.75 Å². The molecule has 0 aliphatic rings. The second-order valence-electron chi connectivity index (χ2n) is 5.67. The number of nitrogens with zero attached hydrogens (tertiary/aromatic N) is 1. The highest BCUT2D eigenvalue weighted by Gasteiger charge is 2.15. The van der Waals surface area contributed by atoms with E-state index in [0.29, 0.717) is 27.9 Å². The molecule has 2 aromatic carbocycles. The largest absolute Gasteiger partial charge is 0.495 e. The van der Waals surface area contributed by atoms with Crippen molar-refractivity contribution in [1.82, 2.24) is 5.43 Å². The number of carbonyl (C=O) groups is 3. The van der Waals surface area contributed by atoms with E-state index in [0.717, 1.165) is 0 Å². The Hall–Kier alpha value is -3.39. The molecule has 2 aromatic rings. The minimum absolute atomic E-state index is 0.0585. The first kappa shape index (κ1) is 20.9. The number of hydrazone groups is 1. The van der Waals surface area contributed by atoms with Crippen LogP contribution in [0.2, 0.25) is 5.02 Å². The molecule has 0 heterocycles. The number of para-hydroxylation sites is 2. The highest BCUT2D eigenvalue weighted by molar-refractivity contribution is 6.39. The standard InChI is InChI=1S/C19H19ClN4O4/c1-12(11-17(25)21-14-9-7-13(20)8-10-14)23-24-19(27)18(26)22-15-5-3-4-6-16(15)28-2/h3-10H,11H2,1-2H3,(H,21,25)(H,22,26)(H,24,27). The van der Waals surface area contributed by atoms with Crippen molar-refractivity contribution >= 4 is 46.4 Å². The van der Waals surface area contributed by atoms with E-state index in [-0.39, 0.29) is 12.3 Å². The van der Waals surface area contributed by atoms with Crippen molar-refractivity contribution in [2.24, 2.45) is 5.10 Å². The first-order valence-electron chi connectivity index (χ1n) is 8.22. The maximum absolute atomic E-state index is 12.0. The highest BCUT2D eigenvalue weighted by Crippen LogP contribution is 2.22. The summed E-state index contributed by atoms with van der Waals surface area (Å²) in [5.41, 5.74) is 3.38. The molecule has 28 heavy (non-hydrogen) atoms. The van der Waals surface area contributed by atoms with E-state index in [1.54, 1.807) is 55.5 Å². The first-order valence-corrected chi connectivity index (χ1v) is 8.59. The van der Waals surface area contributed by atoms with Gasteiger partial charge in [0, 0.05) is 16.4 Å². The number of anilines is 2. The molecule has 0 unspecified atom stereocenters. The van der Waals surface area contributed by atoms with Crippen LogP contribution in [0.1, 0.15) is 13.3 Å². The zero-order valence-corrected chi connectivity index (χ0v) is 16.0. The maximum Gasteiger partial charge on any atom is 0.329 e. The van der Waals surface area contributed by atoms with Crippen molar-refractivity contribution in [2.75, 3.05) is 17.7 Å². The Morgan fingerprint density at radius 3 is 2.36 bits per heavy atom. The average Bonchev–Trinajstić information content (AvgIpc) is 2.68. The third kappa shape index (κ3) is 6.40. The molecule has 3 amide bonds. The number of halogens is 1. The maximum atomic E-state index is 12.0. The Bertz CT molecular complexity index is 897. The highest BCUT2D eigenvalue weighted by atomic mass is 35.5. The SMILES string of the molecule is COc1ccccc1NC(=O)C(=O)NN=C(C)CC(=O)Nc1ccc(Cl)cc1. The molecule has 0 spiro atoms. The van der Waals surface area contributed by atoms with Gasteiger partial charge in [0.25, 0.3) is 0 Å². The zero-order valence-electron chi connectivity index (χ0n) is 15.3. The molecular weight excluding hydrogens is 384 g/mol. The van der Waals surface area contributed by atoms with Gasteiger partial charge >= 0.3 is 11.8 Å². The predicted molar refractivity (Wildman–Crippen MR) is 108 cm³/mol. The molecule has 0 saturated heterocycles. The zero-order chi connectivity index (χ0) is 20.5. The van der Waals surface area contributed by atoms with Gasteiger partial charge in [0.05, 0.1) is 19.2 Å². The molecule has 2 rings (SSSR count). The van der Waals surface area contributed by atoms with Gasteiger partial charge in [-0.05, 0) is 43.3 Å².